The van der Waals surface area contributed by atoms with Crippen molar-refractivity contribution in [2.24, 2.45) is 13.0 Å². The maximum Gasteiger partial charge on any atom is 0.322 e. The van der Waals surface area contributed by atoms with Gasteiger partial charge in [-0.1, -0.05) is 0 Å². The summed E-state index contributed by atoms with van der Waals surface area (Å²) in [6.07, 6.45) is 6.15. The van der Waals surface area contributed by atoms with Crippen LogP contribution in [-0.4, -0.2) is 34.8 Å². The molecule has 7 nitrogen and oxygen atoms in total. The van der Waals surface area contributed by atoms with Crippen LogP contribution >= 0.6 is 0 Å². The minimum Gasteiger partial charge on any atom is -0.352 e. The first kappa shape index (κ1) is 22.1. The molecule has 176 valence electrons. The van der Waals surface area contributed by atoms with Gasteiger partial charge in [-0.15, -0.1) is 0 Å². The summed E-state index contributed by atoms with van der Waals surface area (Å²) in [6.45, 7) is 1.05. The number of carbonyl (C=O) groups is 2. The van der Waals surface area contributed by atoms with E-state index in [1.54, 1.807) is 36.3 Å². The van der Waals surface area contributed by atoms with E-state index in [0.717, 1.165) is 18.4 Å². The molecule has 5 rings (SSSR count). The number of hydrogen-bond acceptors (Lipinski definition) is 3. The molecule has 1 aliphatic heterocycles. The third kappa shape index (κ3) is 4.64. The number of benzene rings is 2. The van der Waals surface area contributed by atoms with Crippen LogP contribution in [0.5, 0.6) is 0 Å². The van der Waals surface area contributed by atoms with Gasteiger partial charge in [-0.2, -0.15) is 5.10 Å². The number of aromatic nitrogens is 2. The van der Waals surface area contributed by atoms with E-state index in [0.29, 0.717) is 47.8 Å². The molecule has 3 aromatic rings. The number of hydrogen-bond donors (Lipinski definition) is 2. The molecular weight excluding hydrogens is 440 g/mol. The molecule has 0 atom stereocenters. The Kier molecular flexibility index (Phi) is 5.77. The largest absolute Gasteiger partial charge is 0.352 e. The predicted molar refractivity (Wildman–Crippen MR) is 123 cm³/mol. The Bertz CT molecular complexity index is 1270. The van der Waals surface area contributed by atoms with Gasteiger partial charge >= 0.3 is 6.03 Å². The number of amides is 3. The van der Waals surface area contributed by atoms with E-state index >= 15 is 0 Å². The molecule has 1 aromatic heterocycles. The third-order valence-corrected chi connectivity index (χ3v) is 6.24. The second-order valence-corrected chi connectivity index (χ2v) is 8.93. The Balaban J connectivity index is 1.26. The van der Waals surface area contributed by atoms with Crippen LogP contribution in [0.3, 0.4) is 0 Å². The standard InChI is InChI=1S/C25H25F2N5O2/c1-31-14-19(13-30-31)21-9-17-4-5-32(23(17)10-22(21)27)25(34)29-12-16-6-18(8-20(26)7-16)24(33)28-11-15-2-3-15/h6-10,13-15H,2-5,11-12H2,1H3,(H,28,33)(H,29,34). The molecule has 0 spiro atoms. The Hall–Kier alpha value is -3.75. The fourth-order valence-electron chi connectivity index (χ4n) is 4.22. The number of nitrogens with one attached hydrogen (secondary N) is 2. The van der Waals surface area contributed by atoms with Crippen molar-refractivity contribution in [1.82, 2.24) is 20.4 Å². The van der Waals surface area contributed by atoms with Crippen molar-refractivity contribution in [3.8, 4) is 11.1 Å². The molecule has 3 amide bonds. The zero-order valence-electron chi connectivity index (χ0n) is 18.8. The van der Waals surface area contributed by atoms with Crippen molar-refractivity contribution in [3.63, 3.8) is 0 Å². The maximum absolute atomic E-state index is 14.8. The van der Waals surface area contributed by atoms with Crippen LogP contribution in [0.2, 0.25) is 0 Å². The Morgan fingerprint density at radius 3 is 2.68 bits per heavy atom. The first-order chi connectivity index (χ1) is 16.4. The summed E-state index contributed by atoms with van der Waals surface area (Å²) >= 11 is 0. The molecule has 1 fully saturated rings. The van der Waals surface area contributed by atoms with Crippen molar-refractivity contribution in [1.29, 1.82) is 0 Å². The highest BCUT2D eigenvalue weighted by Crippen LogP contribution is 2.34. The van der Waals surface area contributed by atoms with Gasteiger partial charge in [0.25, 0.3) is 5.91 Å². The van der Waals surface area contributed by atoms with Gasteiger partial charge < -0.3 is 10.6 Å². The fraction of sp³-hybridized carbons (Fsp3) is 0.320. The normalized spacial score (nSPS) is 14.7. The van der Waals surface area contributed by atoms with E-state index in [1.807, 2.05) is 0 Å². The summed E-state index contributed by atoms with van der Waals surface area (Å²) in [5.74, 6) is -0.782. The number of rotatable bonds is 6. The monoisotopic (exact) mass is 465 g/mol. The molecule has 2 aromatic carbocycles. The number of fused-ring (bicyclic) bond motifs is 1. The smallest absolute Gasteiger partial charge is 0.322 e. The molecule has 0 bridgehead atoms. The maximum atomic E-state index is 14.8. The van der Waals surface area contributed by atoms with Crippen molar-refractivity contribution in [2.75, 3.05) is 18.0 Å². The first-order valence-electron chi connectivity index (χ1n) is 11.3. The van der Waals surface area contributed by atoms with Crippen molar-refractivity contribution >= 4 is 17.6 Å². The van der Waals surface area contributed by atoms with Crippen molar-refractivity contribution in [2.45, 2.75) is 25.8 Å². The lowest BCUT2D eigenvalue weighted by Crippen LogP contribution is -2.38. The number of urea groups is 1. The van der Waals surface area contributed by atoms with E-state index < -0.39 is 17.7 Å². The number of halogens is 2. The minimum atomic E-state index is -0.542. The van der Waals surface area contributed by atoms with Gasteiger partial charge in [0.2, 0.25) is 0 Å². The average Bonchev–Trinajstić information content (AvgIpc) is 3.40. The molecule has 2 aliphatic rings. The predicted octanol–water partition coefficient (Wildman–Crippen LogP) is 3.78. The lowest BCUT2D eigenvalue weighted by Gasteiger charge is -2.19. The van der Waals surface area contributed by atoms with Gasteiger partial charge in [0.15, 0.2) is 0 Å². The van der Waals surface area contributed by atoms with E-state index in [9.17, 15) is 18.4 Å². The van der Waals surface area contributed by atoms with Gasteiger partial charge in [0.05, 0.1) is 11.9 Å². The Labute approximate surface area is 195 Å². The molecule has 9 heteroatoms. The summed E-state index contributed by atoms with van der Waals surface area (Å²) in [5.41, 5.74) is 3.21. The van der Waals surface area contributed by atoms with E-state index in [1.165, 1.54) is 23.1 Å². The lowest BCUT2D eigenvalue weighted by atomic mass is 10.0. The van der Waals surface area contributed by atoms with Crippen LogP contribution in [0.4, 0.5) is 19.3 Å². The Morgan fingerprint density at radius 2 is 1.94 bits per heavy atom. The minimum absolute atomic E-state index is 0.0432. The summed E-state index contributed by atoms with van der Waals surface area (Å²) in [7, 11) is 1.77. The van der Waals surface area contributed by atoms with E-state index in [4.69, 9.17) is 0 Å². The molecule has 1 aliphatic carbocycles. The van der Waals surface area contributed by atoms with Crippen LogP contribution in [0.25, 0.3) is 11.1 Å². The molecule has 1 saturated carbocycles. The van der Waals surface area contributed by atoms with Crippen LogP contribution in [0, 0.1) is 17.6 Å². The topological polar surface area (TPSA) is 79.3 Å². The van der Waals surface area contributed by atoms with Gasteiger partial charge in [0, 0.05) is 49.6 Å². The zero-order valence-corrected chi connectivity index (χ0v) is 18.8. The van der Waals surface area contributed by atoms with Crippen LogP contribution in [-0.2, 0) is 20.0 Å². The fourth-order valence-corrected chi connectivity index (χ4v) is 4.22. The van der Waals surface area contributed by atoms with Gasteiger partial charge in [-0.3, -0.25) is 14.4 Å². The second kappa shape index (κ2) is 8.89. The highest BCUT2D eigenvalue weighted by molar-refractivity contribution is 5.95. The van der Waals surface area contributed by atoms with Gasteiger partial charge in [-0.05, 0) is 66.6 Å². The number of carbonyl (C=O) groups excluding carboxylic acids is 2. The molecule has 0 unspecified atom stereocenters. The molecule has 0 radical (unpaired) electrons. The number of anilines is 1. The average molecular weight is 466 g/mol. The summed E-state index contributed by atoms with van der Waals surface area (Å²) in [4.78, 5) is 26.6. The number of aryl methyl sites for hydroxylation is 1. The molecule has 34 heavy (non-hydrogen) atoms. The SMILES string of the molecule is Cn1cc(-c2cc3c(cc2F)N(C(=O)NCc2cc(F)cc(C(=O)NCC4CC4)c2)CC3)cn1. The van der Waals surface area contributed by atoms with Crippen molar-refractivity contribution in [3.05, 3.63) is 71.1 Å². The number of nitrogens with zero attached hydrogens (tertiary/aromatic N) is 3. The molecule has 2 N–H and O–H groups in total. The van der Waals surface area contributed by atoms with Crippen LogP contribution in [0.1, 0.15) is 34.3 Å². The quantitative estimate of drug-likeness (QED) is 0.582. The van der Waals surface area contributed by atoms with Gasteiger partial charge in [0.1, 0.15) is 11.6 Å². The zero-order chi connectivity index (χ0) is 23.8. The lowest BCUT2D eigenvalue weighted by molar-refractivity contribution is 0.0951. The van der Waals surface area contributed by atoms with Crippen LogP contribution in [0.15, 0.2) is 42.7 Å². The Morgan fingerprint density at radius 1 is 1.12 bits per heavy atom. The van der Waals surface area contributed by atoms with E-state index in [2.05, 4.69) is 15.7 Å². The second-order valence-electron chi connectivity index (χ2n) is 8.93. The highest BCUT2D eigenvalue weighted by atomic mass is 19.1. The third-order valence-electron chi connectivity index (χ3n) is 6.24. The molecule has 0 saturated heterocycles. The van der Waals surface area contributed by atoms with Crippen molar-refractivity contribution < 1.29 is 18.4 Å². The molecule has 2 heterocycles. The summed E-state index contributed by atoms with van der Waals surface area (Å²) in [6, 6.07) is 6.77. The highest BCUT2D eigenvalue weighted by Gasteiger charge is 2.27. The van der Waals surface area contributed by atoms with E-state index in [-0.39, 0.29) is 18.0 Å². The summed E-state index contributed by atoms with van der Waals surface area (Å²) < 4.78 is 30.5. The summed E-state index contributed by atoms with van der Waals surface area (Å²) in [5, 5.41) is 9.67. The first-order valence-corrected chi connectivity index (χ1v) is 11.3. The van der Waals surface area contributed by atoms with Gasteiger partial charge in [-0.25, -0.2) is 13.6 Å². The van der Waals surface area contributed by atoms with Crippen LogP contribution < -0.4 is 15.5 Å². The molecular formula is C25H25F2N5O2.